The van der Waals surface area contributed by atoms with Gasteiger partial charge in [-0.05, 0) is 12.1 Å². The summed E-state index contributed by atoms with van der Waals surface area (Å²) in [4.78, 5) is 0.529. The average Bonchev–Trinajstić information content (AvgIpc) is 1.83. The number of rotatable bonds is 0. The third-order valence-corrected chi connectivity index (χ3v) is 2.21. The lowest BCUT2D eigenvalue weighted by atomic mass is 10.4. The van der Waals surface area contributed by atoms with Crippen LogP contribution in [0.2, 0.25) is 10.0 Å². The average molecular weight is 178 g/mol. The molecule has 0 N–H and O–H groups in total. The zero-order valence-electron chi connectivity index (χ0n) is 4.40. The minimum Gasteiger partial charge on any atom is -0.777 e. The molecule has 0 radical (unpaired) electrons. The second-order valence-corrected chi connectivity index (χ2v) is 2.77. The predicted molar refractivity (Wildman–Crippen MR) is 42.1 cm³/mol. The molecule has 0 heterocycles. The van der Waals surface area contributed by atoms with E-state index in [1.165, 1.54) is 0 Å². The van der Waals surface area contributed by atoms with E-state index in [0.29, 0.717) is 14.9 Å². The standard InChI is InChI=1S/C6H4Cl2S/c7-4-2-1-3-5(8)6(4)9/h1-3,9H/p-1. The largest absolute Gasteiger partial charge is 0.777 e. The molecule has 0 aliphatic carbocycles. The van der Waals surface area contributed by atoms with E-state index in [9.17, 15) is 0 Å². The molecule has 0 nitrogen and oxygen atoms in total. The Kier molecular flexibility index (Phi) is 2.17. The number of benzene rings is 1. The lowest BCUT2D eigenvalue weighted by molar-refractivity contribution is 1.47. The zero-order valence-corrected chi connectivity index (χ0v) is 6.72. The Balaban J connectivity index is 3.25. The molecule has 3 heteroatoms. The lowest BCUT2D eigenvalue weighted by Gasteiger charge is -2.08. The Morgan fingerprint density at radius 3 is 1.89 bits per heavy atom. The van der Waals surface area contributed by atoms with Crippen molar-refractivity contribution in [2.24, 2.45) is 0 Å². The van der Waals surface area contributed by atoms with E-state index < -0.39 is 0 Å². The highest BCUT2D eigenvalue weighted by Gasteiger charge is 1.89. The van der Waals surface area contributed by atoms with Gasteiger partial charge in [0.25, 0.3) is 0 Å². The Labute approximate surface area is 69.2 Å². The van der Waals surface area contributed by atoms with Crippen LogP contribution in [-0.2, 0) is 12.6 Å². The van der Waals surface area contributed by atoms with Crippen LogP contribution in [0.15, 0.2) is 23.1 Å². The Hall–Kier alpha value is 0.0200. The van der Waals surface area contributed by atoms with Gasteiger partial charge >= 0.3 is 0 Å². The molecule has 1 aromatic carbocycles. The minimum absolute atomic E-state index is 0.529. The highest BCUT2D eigenvalue weighted by atomic mass is 35.5. The maximum atomic E-state index is 5.63. The molecule has 0 unspecified atom stereocenters. The van der Waals surface area contributed by atoms with Crippen molar-refractivity contribution in [1.29, 1.82) is 0 Å². The van der Waals surface area contributed by atoms with Gasteiger partial charge in [-0.1, -0.05) is 29.3 Å². The SMILES string of the molecule is [S-]c1c(Cl)cccc1Cl. The summed E-state index contributed by atoms with van der Waals surface area (Å²) in [5, 5.41) is 1.08. The normalized spacial score (nSPS) is 9.56. The molecule has 1 aromatic rings. The van der Waals surface area contributed by atoms with Crippen LogP contribution in [0.5, 0.6) is 0 Å². The van der Waals surface area contributed by atoms with Crippen molar-refractivity contribution < 1.29 is 0 Å². The van der Waals surface area contributed by atoms with Crippen LogP contribution in [0.1, 0.15) is 0 Å². The second-order valence-electron chi connectivity index (χ2n) is 1.55. The second kappa shape index (κ2) is 2.74. The third-order valence-electron chi connectivity index (χ3n) is 0.919. The van der Waals surface area contributed by atoms with Crippen LogP contribution in [0.3, 0.4) is 0 Å². The van der Waals surface area contributed by atoms with Crippen LogP contribution >= 0.6 is 23.2 Å². The smallest absolute Gasteiger partial charge is 0.0229 e. The highest BCUT2D eigenvalue weighted by molar-refractivity contribution is 7.59. The molecule has 1 rings (SSSR count). The van der Waals surface area contributed by atoms with Crippen molar-refractivity contribution >= 4 is 35.8 Å². The van der Waals surface area contributed by atoms with Gasteiger partial charge in [0.15, 0.2) is 0 Å². The van der Waals surface area contributed by atoms with E-state index in [1.807, 2.05) is 0 Å². The lowest BCUT2D eigenvalue weighted by Crippen LogP contribution is -1.73. The first-order valence-corrected chi connectivity index (χ1v) is 3.49. The monoisotopic (exact) mass is 177 g/mol. The molecule has 9 heavy (non-hydrogen) atoms. The fourth-order valence-corrected chi connectivity index (χ4v) is 1.02. The third kappa shape index (κ3) is 1.48. The van der Waals surface area contributed by atoms with Crippen molar-refractivity contribution in [2.45, 2.75) is 4.90 Å². The van der Waals surface area contributed by atoms with Gasteiger partial charge < -0.3 is 12.6 Å². The van der Waals surface area contributed by atoms with Gasteiger partial charge in [0.05, 0.1) is 0 Å². The zero-order chi connectivity index (χ0) is 6.85. The quantitative estimate of drug-likeness (QED) is 0.550. The molecule has 0 atom stereocenters. The van der Waals surface area contributed by atoms with Crippen LogP contribution < -0.4 is 0 Å². The predicted octanol–water partition coefficient (Wildman–Crippen LogP) is 2.90. The molecule has 0 bridgehead atoms. The highest BCUT2D eigenvalue weighted by Crippen LogP contribution is 2.22. The summed E-state index contributed by atoms with van der Waals surface area (Å²) in [5.74, 6) is 0. The molecule has 0 saturated heterocycles. The van der Waals surface area contributed by atoms with E-state index in [1.54, 1.807) is 18.2 Å². The summed E-state index contributed by atoms with van der Waals surface area (Å²) in [6, 6.07) is 5.20. The molecule has 0 aliphatic rings. The number of halogens is 2. The van der Waals surface area contributed by atoms with Gasteiger partial charge in [0.2, 0.25) is 0 Å². The van der Waals surface area contributed by atoms with Crippen LogP contribution in [0, 0.1) is 0 Å². The van der Waals surface area contributed by atoms with Crippen LogP contribution in [-0.4, -0.2) is 0 Å². The van der Waals surface area contributed by atoms with Gasteiger partial charge in [-0.3, -0.25) is 0 Å². The maximum absolute atomic E-state index is 5.63. The van der Waals surface area contributed by atoms with Gasteiger partial charge in [-0.15, -0.1) is 4.90 Å². The van der Waals surface area contributed by atoms with E-state index in [0.717, 1.165) is 0 Å². The van der Waals surface area contributed by atoms with E-state index in [2.05, 4.69) is 0 Å². The molecule has 0 saturated carbocycles. The van der Waals surface area contributed by atoms with Crippen molar-refractivity contribution in [3.8, 4) is 0 Å². The molecule has 0 aliphatic heterocycles. The van der Waals surface area contributed by atoms with Gasteiger partial charge in [-0.25, -0.2) is 0 Å². The van der Waals surface area contributed by atoms with E-state index in [-0.39, 0.29) is 0 Å². The Morgan fingerprint density at radius 1 is 1.11 bits per heavy atom. The first-order valence-electron chi connectivity index (χ1n) is 2.33. The first kappa shape index (κ1) is 7.13. The fourth-order valence-electron chi connectivity index (χ4n) is 0.483. The molecule has 0 fully saturated rings. The first-order chi connectivity index (χ1) is 4.22. The fraction of sp³-hybridized carbons (Fsp3) is 0. The molecule has 48 valence electrons. The molecule has 0 spiro atoms. The van der Waals surface area contributed by atoms with Gasteiger partial charge in [0.1, 0.15) is 0 Å². The van der Waals surface area contributed by atoms with Gasteiger partial charge in [-0.2, -0.15) is 0 Å². The van der Waals surface area contributed by atoms with E-state index >= 15 is 0 Å². The van der Waals surface area contributed by atoms with Crippen molar-refractivity contribution in [2.75, 3.05) is 0 Å². The van der Waals surface area contributed by atoms with Crippen molar-refractivity contribution in [1.82, 2.24) is 0 Å². The minimum atomic E-state index is 0.529. The summed E-state index contributed by atoms with van der Waals surface area (Å²) in [7, 11) is 0. The topological polar surface area (TPSA) is 0 Å². The Morgan fingerprint density at radius 2 is 1.56 bits per heavy atom. The van der Waals surface area contributed by atoms with Crippen molar-refractivity contribution in [3.05, 3.63) is 28.2 Å². The summed E-state index contributed by atoms with van der Waals surface area (Å²) in [5.41, 5.74) is 0. The summed E-state index contributed by atoms with van der Waals surface area (Å²) in [6.45, 7) is 0. The number of hydrogen-bond acceptors (Lipinski definition) is 1. The Bertz CT molecular complexity index is 202. The summed E-state index contributed by atoms with van der Waals surface area (Å²) >= 11 is 16.1. The van der Waals surface area contributed by atoms with Gasteiger partial charge in [0, 0.05) is 10.0 Å². The molecular formula is C6H3Cl2S-. The molecule has 0 aromatic heterocycles. The molecular weight excluding hydrogens is 175 g/mol. The van der Waals surface area contributed by atoms with E-state index in [4.69, 9.17) is 35.8 Å². The summed E-state index contributed by atoms with van der Waals surface area (Å²) in [6.07, 6.45) is 0. The summed E-state index contributed by atoms with van der Waals surface area (Å²) < 4.78 is 0. The van der Waals surface area contributed by atoms with Crippen LogP contribution in [0.4, 0.5) is 0 Å². The number of hydrogen-bond donors (Lipinski definition) is 0. The maximum Gasteiger partial charge on any atom is 0.0229 e. The van der Waals surface area contributed by atoms with Crippen molar-refractivity contribution in [3.63, 3.8) is 0 Å². The molecule has 0 amide bonds. The van der Waals surface area contributed by atoms with Crippen LogP contribution in [0.25, 0.3) is 0 Å².